The molecule has 40 heavy (non-hydrogen) atoms. The van der Waals surface area contributed by atoms with Crippen LogP contribution >= 0.6 is 0 Å². The summed E-state index contributed by atoms with van der Waals surface area (Å²) >= 11 is 0. The molecule has 1 unspecified atom stereocenters. The van der Waals surface area contributed by atoms with Crippen molar-refractivity contribution >= 4 is 27.9 Å². The van der Waals surface area contributed by atoms with Gasteiger partial charge in [-0.15, -0.1) is 0 Å². The number of nitrogens with zero attached hydrogens (tertiary/aromatic N) is 7. The van der Waals surface area contributed by atoms with E-state index in [0.717, 1.165) is 104 Å². The van der Waals surface area contributed by atoms with E-state index in [1.54, 1.807) is 6.33 Å². The summed E-state index contributed by atoms with van der Waals surface area (Å²) in [5.41, 5.74) is 5.56. The molecule has 204 valence electrons. The molecule has 9 nitrogen and oxygen atoms in total. The minimum Gasteiger partial charge on any atom is -0.381 e. The van der Waals surface area contributed by atoms with Gasteiger partial charge in [-0.3, -0.25) is 4.98 Å². The summed E-state index contributed by atoms with van der Waals surface area (Å²) in [7, 11) is 0. The Kier molecular flexibility index (Phi) is 7.06. The quantitative estimate of drug-likeness (QED) is 0.267. The average Bonchev–Trinajstić information content (AvgIpc) is 3.46. The molecule has 7 rings (SSSR count). The molecule has 3 aromatic heterocycles. The second-order valence-electron chi connectivity index (χ2n) is 10.7. The van der Waals surface area contributed by atoms with Crippen molar-refractivity contribution in [3.8, 4) is 11.3 Å². The molecule has 9 heteroatoms. The van der Waals surface area contributed by atoms with Gasteiger partial charge in [0.25, 0.3) is 0 Å². The summed E-state index contributed by atoms with van der Waals surface area (Å²) in [5, 5.41) is 5.54. The molecule has 0 spiro atoms. The number of aromatic nitrogens is 6. The van der Waals surface area contributed by atoms with Gasteiger partial charge in [-0.2, -0.15) is 5.10 Å². The Hall–Kier alpha value is -3.95. The van der Waals surface area contributed by atoms with Crippen LogP contribution in [0.2, 0.25) is 0 Å². The van der Waals surface area contributed by atoms with Crippen molar-refractivity contribution in [1.29, 1.82) is 0 Å². The molecule has 0 radical (unpaired) electrons. The minimum atomic E-state index is -0.0742. The molecule has 5 aromatic rings. The van der Waals surface area contributed by atoms with E-state index in [0.29, 0.717) is 5.92 Å². The van der Waals surface area contributed by atoms with Crippen molar-refractivity contribution in [3.05, 3.63) is 72.8 Å². The van der Waals surface area contributed by atoms with Gasteiger partial charge in [-0.05, 0) is 55.7 Å². The van der Waals surface area contributed by atoms with Crippen LogP contribution in [0.1, 0.15) is 43.9 Å². The summed E-state index contributed by atoms with van der Waals surface area (Å²) in [5.74, 6) is 1.48. The smallest absolute Gasteiger partial charge is 0.164 e. The van der Waals surface area contributed by atoms with E-state index >= 15 is 0 Å². The molecule has 5 heterocycles. The first kappa shape index (κ1) is 25.0. The Bertz CT molecular complexity index is 1590. The Morgan fingerprint density at radius 1 is 0.875 bits per heavy atom. The van der Waals surface area contributed by atoms with E-state index in [1.807, 2.05) is 23.1 Å². The molecule has 0 saturated carbocycles. The van der Waals surface area contributed by atoms with Crippen LogP contribution < -0.4 is 4.90 Å². The van der Waals surface area contributed by atoms with Gasteiger partial charge in [0.05, 0.1) is 34.5 Å². The van der Waals surface area contributed by atoms with Crippen molar-refractivity contribution in [2.45, 2.75) is 44.9 Å². The molecule has 0 bridgehead atoms. The molecular formula is C31H33N7O2. The van der Waals surface area contributed by atoms with Crippen LogP contribution in [0, 0.1) is 5.92 Å². The fourth-order valence-corrected chi connectivity index (χ4v) is 5.80. The maximum absolute atomic E-state index is 5.96. The number of rotatable bonds is 7. The van der Waals surface area contributed by atoms with E-state index in [-0.39, 0.29) is 6.23 Å². The molecule has 2 aliphatic rings. The molecule has 0 aliphatic carbocycles. The van der Waals surface area contributed by atoms with E-state index in [1.165, 1.54) is 5.56 Å². The number of fused-ring (bicyclic) bond motifs is 2. The summed E-state index contributed by atoms with van der Waals surface area (Å²) < 4.78 is 13.5. The van der Waals surface area contributed by atoms with Gasteiger partial charge < -0.3 is 14.4 Å². The highest BCUT2D eigenvalue weighted by molar-refractivity contribution is 5.92. The molecular weight excluding hydrogens is 502 g/mol. The van der Waals surface area contributed by atoms with Crippen molar-refractivity contribution in [1.82, 2.24) is 29.7 Å². The highest BCUT2D eigenvalue weighted by atomic mass is 16.5. The second kappa shape index (κ2) is 11.3. The van der Waals surface area contributed by atoms with Crippen LogP contribution in [-0.4, -0.2) is 56.1 Å². The first-order valence-electron chi connectivity index (χ1n) is 14.3. The largest absolute Gasteiger partial charge is 0.381 e. The minimum absolute atomic E-state index is 0.0742. The predicted octanol–water partition coefficient (Wildman–Crippen LogP) is 5.57. The highest BCUT2D eigenvalue weighted by Gasteiger charge is 2.22. The number of benzene rings is 2. The summed E-state index contributed by atoms with van der Waals surface area (Å²) in [6.45, 7) is 4.15. The first-order chi connectivity index (χ1) is 19.8. The van der Waals surface area contributed by atoms with Gasteiger partial charge in [-0.1, -0.05) is 36.4 Å². The Balaban J connectivity index is 1.19. The molecule has 0 N–H and O–H groups in total. The first-order valence-corrected chi connectivity index (χ1v) is 14.3. The van der Waals surface area contributed by atoms with Gasteiger partial charge >= 0.3 is 0 Å². The molecule has 2 aromatic carbocycles. The monoisotopic (exact) mass is 535 g/mol. The summed E-state index contributed by atoms with van der Waals surface area (Å²) in [6.07, 6.45) is 10.6. The molecule has 0 amide bonds. The zero-order valence-electron chi connectivity index (χ0n) is 22.5. The molecule has 2 aliphatic heterocycles. The zero-order chi connectivity index (χ0) is 26.7. The summed E-state index contributed by atoms with van der Waals surface area (Å²) in [4.78, 5) is 21.5. The number of anilines is 1. The van der Waals surface area contributed by atoms with Gasteiger partial charge in [0.1, 0.15) is 12.1 Å². The molecule has 1 atom stereocenters. The average molecular weight is 536 g/mol. The van der Waals surface area contributed by atoms with Gasteiger partial charge in [0, 0.05) is 38.5 Å². The lowest BCUT2D eigenvalue weighted by Gasteiger charge is -2.30. The van der Waals surface area contributed by atoms with E-state index < -0.39 is 0 Å². The molecule has 2 fully saturated rings. The third-order valence-corrected chi connectivity index (χ3v) is 7.98. The Labute approximate surface area is 233 Å². The van der Waals surface area contributed by atoms with Crippen LogP contribution in [0.3, 0.4) is 0 Å². The maximum Gasteiger partial charge on any atom is 0.164 e. The Morgan fingerprint density at radius 3 is 2.62 bits per heavy atom. The third-order valence-electron chi connectivity index (χ3n) is 7.98. The SMILES string of the molecule is c1ccc(CN(CC2CCOCC2)c2cnc3cc(-c4ncnc5c4cnn5C4CCCCO4)ccc3n2)cc1. The van der Waals surface area contributed by atoms with Gasteiger partial charge in [0.2, 0.25) is 0 Å². The maximum atomic E-state index is 5.96. The van der Waals surface area contributed by atoms with Crippen molar-refractivity contribution < 1.29 is 9.47 Å². The lowest BCUT2D eigenvalue weighted by atomic mass is 9.99. The lowest BCUT2D eigenvalue weighted by Crippen LogP contribution is -2.32. The predicted molar refractivity (Wildman–Crippen MR) is 154 cm³/mol. The van der Waals surface area contributed by atoms with Crippen LogP contribution in [-0.2, 0) is 16.0 Å². The third kappa shape index (κ3) is 5.14. The van der Waals surface area contributed by atoms with E-state index in [9.17, 15) is 0 Å². The number of hydrogen-bond donors (Lipinski definition) is 0. The normalized spacial score (nSPS) is 18.4. The number of hydrogen-bond acceptors (Lipinski definition) is 8. The van der Waals surface area contributed by atoms with E-state index in [4.69, 9.17) is 19.4 Å². The van der Waals surface area contributed by atoms with Gasteiger partial charge in [0.15, 0.2) is 11.9 Å². The van der Waals surface area contributed by atoms with Crippen LogP contribution in [0.25, 0.3) is 33.3 Å². The topological polar surface area (TPSA) is 91.1 Å². The van der Waals surface area contributed by atoms with Crippen LogP contribution in [0.15, 0.2) is 67.3 Å². The van der Waals surface area contributed by atoms with Crippen molar-refractivity contribution in [2.75, 3.05) is 31.3 Å². The molecule has 2 saturated heterocycles. The Morgan fingerprint density at radius 2 is 1.77 bits per heavy atom. The van der Waals surface area contributed by atoms with Gasteiger partial charge in [-0.25, -0.2) is 19.6 Å². The highest BCUT2D eigenvalue weighted by Crippen LogP contribution is 2.31. The standard InChI is InChI=1S/C31H33N7O2/c1-2-6-22(7-3-1)19-37(20-23-11-14-39-15-12-23)28-18-32-27-16-24(9-10-26(27)36-28)30-25-17-35-38(31(25)34-21-33-30)29-8-4-5-13-40-29/h1-3,6-7,9-10,16-18,21,23,29H,4-5,8,11-15,19-20H2. The van der Waals surface area contributed by atoms with Crippen molar-refractivity contribution in [2.24, 2.45) is 5.92 Å². The summed E-state index contributed by atoms with van der Waals surface area (Å²) in [6, 6.07) is 16.7. The van der Waals surface area contributed by atoms with Crippen LogP contribution in [0.4, 0.5) is 5.82 Å². The van der Waals surface area contributed by atoms with Crippen molar-refractivity contribution in [3.63, 3.8) is 0 Å². The second-order valence-corrected chi connectivity index (χ2v) is 10.7. The lowest BCUT2D eigenvalue weighted by molar-refractivity contribution is -0.0370. The fraction of sp³-hybridized carbons (Fsp3) is 0.387. The fourth-order valence-electron chi connectivity index (χ4n) is 5.80. The van der Waals surface area contributed by atoms with Crippen LogP contribution in [0.5, 0.6) is 0 Å². The van der Waals surface area contributed by atoms with E-state index in [2.05, 4.69) is 62.4 Å². The number of ether oxygens (including phenoxy) is 2. The zero-order valence-corrected chi connectivity index (χ0v) is 22.5.